The van der Waals surface area contributed by atoms with Crippen LogP contribution in [-0.4, -0.2) is 23.4 Å². The van der Waals surface area contributed by atoms with Gasteiger partial charge in [-0.3, -0.25) is 9.59 Å². The zero-order valence-electron chi connectivity index (χ0n) is 10.3. The van der Waals surface area contributed by atoms with E-state index in [0.29, 0.717) is 12.8 Å². The summed E-state index contributed by atoms with van der Waals surface area (Å²) in [4.78, 5) is 22.2. The summed E-state index contributed by atoms with van der Waals surface area (Å²) < 4.78 is 0. The Bertz CT molecular complexity index is 235. The summed E-state index contributed by atoms with van der Waals surface area (Å²) in [5, 5.41) is 5.63. The largest absolute Gasteiger partial charge is 0.354 e. The molecule has 0 aromatic rings. The van der Waals surface area contributed by atoms with Crippen LogP contribution in [0.25, 0.3) is 0 Å². The van der Waals surface area contributed by atoms with E-state index in [0.717, 1.165) is 0 Å². The lowest BCUT2D eigenvalue weighted by molar-refractivity contribution is -0.123. The molecule has 0 rings (SSSR count). The van der Waals surface area contributed by atoms with Gasteiger partial charge < -0.3 is 10.6 Å². The normalized spacial score (nSPS) is 11.3. The molecule has 15 heavy (non-hydrogen) atoms. The first-order valence-electron chi connectivity index (χ1n) is 5.31. The maximum atomic E-state index is 11.4. The number of amides is 2. The topological polar surface area (TPSA) is 58.2 Å². The van der Waals surface area contributed by atoms with E-state index in [-0.39, 0.29) is 23.4 Å². The van der Waals surface area contributed by atoms with Gasteiger partial charge in [0, 0.05) is 24.9 Å². The van der Waals surface area contributed by atoms with Gasteiger partial charge in [0.15, 0.2) is 0 Å². The standard InChI is InChI=1S/C11H22N2O2/c1-8(2)12-10(15)6-7-11(4,5)13-9(3)14/h8H,6-7H2,1-5H3,(H,12,15)(H,13,14). The Morgan fingerprint density at radius 1 is 1.27 bits per heavy atom. The van der Waals surface area contributed by atoms with Crippen molar-refractivity contribution in [1.29, 1.82) is 0 Å². The van der Waals surface area contributed by atoms with Crippen molar-refractivity contribution >= 4 is 11.8 Å². The smallest absolute Gasteiger partial charge is 0.220 e. The van der Waals surface area contributed by atoms with Crippen LogP contribution in [0.1, 0.15) is 47.5 Å². The van der Waals surface area contributed by atoms with E-state index < -0.39 is 0 Å². The molecule has 0 saturated heterocycles. The molecule has 0 aliphatic rings. The monoisotopic (exact) mass is 214 g/mol. The number of hydrogen-bond acceptors (Lipinski definition) is 2. The molecule has 4 heteroatoms. The molecular formula is C11H22N2O2. The van der Waals surface area contributed by atoms with E-state index in [2.05, 4.69) is 10.6 Å². The Labute approximate surface area is 91.8 Å². The minimum absolute atomic E-state index is 0.0310. The number of rotatable bonds is 5. The Morgan fingerprint density at radius 3 is 2.20 bits per heavy atom. The van der Waals surface area contributed by atoms with Crippen molar-refractivity contribution in [2.45, 2.75) is 59.0 Å². The lowest BCUT2D eigenvalue weighted by atomic mass is 9.98. The summed E-state index contributed by atoms with van der Waals surface area (Å²) in [6, 6.07) is 0.168. The highest BCUT2D eigenvalue weighted by molar-refractivity contribution is 5.76. The van der Waals surface area contributed by atoms with E-state index >= 15 is 0 Å². The first-order valence-corrected chi connectivity index (χ1v) is 5.31. The minimum Gasteiger partial charge on any atom is -0.354 e. The van der Waals surface area contributed by atoms with Gasteiger partial charge in [-0.25, -0.2) is 0 Å². The predicted octanol–water partition coefficient (Wildman–Crippen LogP) is 1.21. The number of carbonyl (C=O) groups is 2. The molecule has 88 valence electrons. The van der Waals surface area contributed by atoms with Crippen molar-refractivity contribution in [1.82, 2.24) is 10.6 Å². The van der Waals surface area contributed by atoms with Gasteiger partial charge in [-0.05, 0) is 34.1 Å². The van der Waals surface area contributed by atoms with Gasteiger partial charge in [0.1, 0.15) is 0 Å². The zero-order chi connectivity index (χ0) is 12.1. The molecule has 0 heterocycles. The number of nitrogens with one attached hydrogen (secondary N) is 2. The van der Waals surface area contributed by atoms with Crippen molar-refractivity contribution in [3.05, 3.63) is 0 Å². The molecular weight excluding hydrogens is 192 g/mol. The van der Waals surface area contributed by atoms with Crippen LogP contribution in [0, 0.1) is 0 Å². The Hall–Kier alpha value is -1.06. The van der Waals surface area contributed by atoms with Gasteiger partial charge in [0.2, 0.25) is 11.8 Å². The van der Waals surface area contributed by atoms with Crippen LogP contribution in [0.4, 0.5) is 0 Å². The van der Waals surface area contributed by atoms with Crippen LogP contribution in [0.3, 0.4) is 0 Å². The molecule has 0 bridgehead atoms. The van der Waals surface area contributed by atoms with Crippen molar-refractivity contribution in [2.24, 2.45) is 0 Å². The SMILES string of the molecule is CC(=O)NC(C)(C)CCC(=O)NC(C)C. The predicted molar refractivity (Wildman–Crippen MR) is 60.4 cm³/mol. The van der Waals surface area contributed by atoms with Crippen LogP contribution in [0.5, 0.6) is 0 Å². The molecule has 4 nitrogen and oxygen atoms in total. The van der Waals surface area contributed by atoms with Crippen molar-refractivity contribution in [3.63, 3.8) is 0 Å². The van der Waals surface area contributed by atoms with E-state index in [1.807, 2.05) is 27.7 Å². The maximum Gasteiger partial charge on any atom is 0.220 e. The second-order valence-electron chi connectivity index (χ2n) is 4.79. The van der Waals surface area contributed by atoms with Crippen molar-refractivity contribution < 1.29 is 9.59 Å². The number of hydrogen-bond donors (Lipinski definition) is 2. The van der Waals surface area contributed by atoms with Gasteiger partial charge in [0.25, 0.3) is 0 Å². The Morgan fingerprint density at radius 2 is 1.80 bits per heavy atom. The summed E-state index contributed by atoms with van der Waals surface area (Å²) >= 11 is 0. The molecule has 0 aliphatic carbocycles. The van der Waals surface area contributed by atoms with Crippen LogP contribution >= 0.6 is 0 Å². The van der Waals surface area contributed by atoms with Gasteiger partial charge in [-0.15, -0.1) is 0 Å². The molecule has 0 spiro atoms. The maximum absolute atomic E-state index is 11.4. The van der Waals surface area contributed by atoms with E-state index in [4.69, 9.17) is 0 Å². The molecule has 0 radical (unpaired) electrons. The highest BCUT2D eigenvalue weighted by Gasteiger charge is 2.19. The highest BCUT2D eigenvalue weighted by atomic mass is 16.2. The first-order chi connectivity index (χ1) is 6.73. The van der Waals surface area contributed by atoms with Crippen LogP contribution in [0.2, 0.25) is 0 Å². The average molecular weight is 214 g/mol. The third-order valence-corrected chi connectivity index (χ3v) is 1.94. The van der Waals surface area contributed by atoms with Crippen LogP contribution in [-0.2, 0) is 9.59 Å². The summed E-state index contributed by atoms with van der Waals surface area (Å²) in [5.74, 6) is -0.0345. The fourth-order valence-corrected chi connectivity index (χ4v) is 1.36. The quantitative estimate of drug-likeness (QED) is 0.722. The summed E-state index contributed by atoms with van der Waals surface area (Å²) in [6.45, 7) is 9.16. The van der Waals surface area contributed by atoms with E-state index in [1.165, 1.54) is 6.92 Å². The van der Waals surface area contributed by atoms with Gasteiger partial charge in [-0.2, -0.15) is 0 Å². The fourth-order valence-electron chi connectivity index (χ4n) is 1.36. The molecule has 0 unspecified atom stereocenters. The molecule has 2 N–H and O–H groups in total. The first kappa shape index (κ1) is 13.9. The summed E-state index contributed by atoms with van der Waals surface area (Å²) in [6.07, 6.45) is 1.08. The van der Waals surface area contributed by atoms with Gasteiger partial charge >= 0.3 is 0 Å². The molecule has 0 saturated carbocycles. The van der Waals surface area contributed by atoms with Crippen LogP contribution < -0.4 is 10.6 Å². The third-order valence-electron chi connectivity index (χ3n) is 1.94. The van der Waals surface area contributed by atoms with Gasteiger partial charge in [0.05, 0.1) is 0 Å². The molecule has 0 atom stereocenters. The third kappa shape index (κ3) is 7.97. The average Bonchev–Trinajstić information content (AvgIpc) is 1.97. The fraction of sp³-hybridized carbons (Fsp3) is 0.818. The lowest BCUT2D eigenvalue weighted by Crippen LogP contribution is -2.43. The second-order valence-corrected chi connectivity index (χ2v) is 4.79. The molecule has 0 aromatic heterocycles. The molecule has 0 aromatic carbocycles. The van der Waals surface area contributed by atoms with E-state index in [1.54, 1.807) is 0 Å². The number of carbonyl (C=O) groups excluding carboxylic acids is 2. The zero-order valence-corrected chi connectivity index (χ0v) is 10.3. The Balaban J connectivity index is 3.92. The highest BCUT2D eigenvalue weighted by Crippen LogP contribution is 2.10. The molecule has 2 amide bonds. The lowest BCUT2D eigenvalue weighted by Gasteiger charge is -2.25. The van der Waals surface area contributed by atoms with Crippen molar-refractivity contribution in [2.75, 3.05) is 0 Å². The van der Waals surface area contributed by atoms with E-state index in [9.17, 15) is 9.59 Å². The Kier molecular flexibility index (Phi) is 5.33. The van der Waals surface area contributed by atoms with Gasteiger partial charge in [-0.1, -0.05) is 0 Å². The molecule has 0 fully saturated rings. The second kappa shape index (κ2) is 5.73. The summed E-state index contributed by atoms with van der Waals surface area (Å²) in [7, 11) is 0. The minimum atomic E-state index is -0.319. The van der Waals surface area contributed by atoms with Crippen LogP contribution in [0.15, 0.2) is 0 Å². The summed E-state index contributed by atoms with van der Waals surface area (Å²) in [5.41, 5.74) is -0.319. The van der Waals surface area contributed by atoms with Crippen molar-refractivity contribution in [3.8, 4) is 0 Å². The molecule has 0 aliphatic heterocycles.